The minimum absolute atomic E-state index is 0.0462. The molecule has 1 aliphatic heterocycles. The standard InChI is InChI=1S/C32H28F5NO4/c1-2-41-31(40)21-13-20(14-24(15-21)38-12-4-7-30(38)39)25-5-3-6-26(25)27-16-22(32(35,36)37)9-11-29(27)42-18-19-8-10-23(33)17-28(19)34/h8-11,13-17H,2-7,12,18H2,1H3. The Morgan fingerprint density at radius 1 is 0.929 bits per heavy atom. The normalized spacial score (nSPS) is 15.5. The lowest BCUT2D eigenvalue weighted by Crippen LogP contribution is -2.24. The first-order valence-electron chi connectivity index (χ1n) is 13.7. The SMILES string of the molecule is CCOC(=O)c1cc(C2=C(c3cc(C(F)(F)F)ccc3OCc3ccc(F)cc3F)CCC2)cc(N2CCCC2=O)c1. The number of hydrogen-bond acceptors (Lipinski definition) is 4. The summed E-state index contributed by atoms with van der Waals surface area (Å²) in [5.41, 5.74) is 2.02. The lowest BCUT2D eigenvalue weighted by Gasteiger charge is -2.20. The molecule has 42 heavy (non-hydrogen) atoms. The summed E-state index contributed by atoms with van der Waals surface area (Å²) < 4.78 is 80.1. The molecule has 3 aromatic carbocycles. The molecule has 220 valence electrons. The van der Waals surface area contributed by atoms with Crippen LogP contribution in [0.3, 0.4) is 0 Å². The van der Waals surface area contributed by atoms with Crippen LogP contribution in [0.25, 0.3) is 11.1 Å². The second-order valence-corrected chi connectivity index (χ2v) is 10.2. The average molecular weight is 586 g/mol. The fraction of sp³-hybridized carbons (Fsp3) is 0.312. The van der Waals surface area contributed by atoms with Crippen LogP contribution in [-0.4, -0.2) is 25.0 Å². The number of hydrogen-bond donors (Lipinski definition) is 0. The Kier molecular flexibility index (Phi) is 8.34. The largest absolute Gasteiger partial charge is 0.488 e. The number of carbonyl (C=O) groups is 2. The summed E-state index contributed by atoms with van der Waals surface area (Å²) in [6, 6.07) is 11.1. The third kappa shape index (κ3) is 6.17. The van der Waals surface area contributed by atoms with Crippen molar-refractivity contribution in [3.63, 3.8) is 0 Å². The number of alkyl halides is 3. The number of amides is 1. The number of allylic oxidation sites excluding steroid dienone is 2. The minimum Gasteiger partial charge on any atom is -0.488 e. The van der Waals surface area contributed by atoms with Gasteiger partial charge in [-0.3, -0.25) is 4.79 Å². The molecule has 2 aliphatic rings. The first-order valence-corrected chi connectivity index (χ1v) is 13.7. The van der Waals surface area contributed by atoms with E-state index in [0.29, 0.717) is 67.1 Å². The van der Waals surface area contributed by atoms with Gasteiger partial charge in [0.2, 0.25) is 5.91 Å². The summed E-state index contributed by atoms with van der Waals surface area (Å²) >= 11 is 0. The Morgan fingerprint density at radius 2 is 1.71 bits per heavy atom. The molecule has 0 aromatic heterocycles. The predicted molar refractivity (Wildman–Crippen MR) is 147 cm³/mol. The van der Waals surface area contributed by atoms with Crippen molar-refractivity contribution >= 4 is 28.7 Å². The van der Waals surface area contributed by atoms with Gasteiger partial charge in [-0.05, 0) is 97.8 Å². The molecular formula is C32H28F5NO4. The molecule has 0 spiro atoms. The van der Waals surface area contributed by atoms with Crippen LogP contribution < -0.4 is 9.64 Å². The Bertz CT molecular complexity index is 1560. The number of benzene rings is 3. The highest BCUT2D eigenvalue weighted by Gasteiger charge is 2.33. The van der Waals surface area contributed by atoms with E-state index in [1.165, 1.54) is 12.1 Å². The molecule has 1 heterocycles. The molecule has 10 heteroatoms. The number of esters is 1. The first-order chi connectivity index (χ1) is 20.0. The van der Waals surface area contributed by atoms with E-state index >= 15 is 0 Å². The quantitative estimate of drug-likeness (QED) is 0.199. The maximum Gasteiger partial charge on any atom is 0.416 e. The molecule has 3 aromatic rings. The Hall–Kier alpha value is -4.21. The fourth-order valence-electron chi connectivity index (χ4n) is 5.42. The minimum atomic E-state index is -4.62. The third-order valence-corrected chi connectivity index (χ3v) is 7.41. The summed E-state index contributed by atoms with van der Waals surface area (Å²) in [7, 11) is 0. The number of nitrogens with zero attached hydrogens (tertiary/aromatic N) is 1. The second-order valence-electron chi connectivity index (χ2n) is 10.2. The summed E-state index contributed by atoms with van der Waals surface area (Å²) in [5.74, 6) is -2.13. The number of ether oxygens (including phenoxy) is 2. The molecule has 0 unspecified atom stereocenters. The van der Waals surface area contributed by atoms with Gasteiger partial charge in [-0.1, -0.05) is 0 Å². The van der Waals surface area contributed by atoms with E-state index in [4.69, 9.17) is 9.47 Å². The highest BCUT2D eigenvalue weighted by atomic mass is 19.4. The van der Waals surface area contributed by atoms with E-state index in [0.717, 1.165) is 18.2 Å². The van der Waals surface area contributed by atoms with Gasteiger partial charge < -0.3 is 14.4 Å². The van der Waals surface area contributed by atoms with Gasteiger partial charge >= 0.3 is 12.1 Å². The van der Waals surface area contributed by atoms with E-state index in [1.54, 1.807) is 30.0 Å². The lowest BCUT2D eigenvalue weighted by atomic mass is 9.93. The zero-order valence-electron chi connectivity index (χ0n) is 22.8. The van der Waals surface area contributed by atoms with Gasteiger partial charge in [-0.2, -0.15) is 13.2 Å². The molecule has 0 radical (unpaired) electrons. The predicted octanol–water partition coefficient (Wildman–Crippen LogP) is 7.96. The third-order valence-electron chi connectivity index (χ3n) is 7.41. The van der Waals surface area contributed by atoms with Gasteiger partial charge in [0.1, 0.15) is 24.0 Å². The molecule has 0 saturated carbocycles. The van der Waals surface area contributed by atoms with E-state index in [2.05, 4.69) is 0 Å². The maximum atomic E-state index is 14.3. The number of carbonyl (C=O) groups excluding carboxylic acids is 2. The molecule has 0 atom stereocenters. The fourth-order valence-corrected chi connectivity index (χ4v) is 5.42. The molecule has 5 rings (SSSR count). The van der Waals surface area contributed by atoms with E-state index in [9.17, 15) is 31.5 Å². The number of anilines is 1. The van der Waals surface area contributed by atoms with Gasteiger partial charge in [0, 0.05) is 35.8 Å². The van der Waals surface area contributed by atoms with Crippen molar-refractivity contribution in [1.82, 2.24) is 0 Å². The molecule has 1 aliphatic carbocycles. The Balaban J connectivity index is 1.61. The van der Waals surface area contributed by atoms with Crippen LogP contribution in [0, 0.1) is 11.6 Å². The van der Waals surface area contributed by atoms with Crippen LogP contribution in [0.15, 0.2) is 54.6 Å². The van der Waals surface area contributed by atoms with Crippen molar-refractivity contribution in [2.24, 2.45) is 0 Å². The summed E-state index contributed by atoms with van der Waals surface area (Å²) in [5, 5.41) is 0. The molecule has 1 amide bonds. The van der Waals surface area contributed by atoms with Crippen LogP contribution in [0.5, 0.6) is 5.75 Å². The topological polar surface area (TPSA) is 55.8 Å². The smallest absolute Gasteiger partial charge is 0.416 e. The van der Waals surface area contributed by atoms with Gasteiger partial charge in [0.15, 0.2) is 0 Å². The van der Waals surface area contributed by atoms with Crippen molar-refractivity contribution in [2.75, 3.05) is 18.1 Å². The lowest BCUT2D eigenvalue weighted by molar-refractivity contribution is -0.137. The molecule has 0 N–H and O–H groups in total. The zero-order valence-corrected chi connectivity index (χ0v) is 22.8. The highest BCUT2D eigenvalue weighted by molar-refractivity contribution is 6.01. The van der Waals surface area contributed by atoms with Crippen molar-refractivity contribution < 1.29 is 41.0 Å². The van der Waals surface area contributed by atoms with Gasteiger partial charge in [-0.25, -0.2) is 13.6 Å². The van der Waals surface area contributed by atoms with Gasteiger partial charge in [0.05, 0.1) is 17.7 Å². The van der Waals surface area contributed by atoms with Crippen LogP contribution in [0.2, 0.25) is 0 Å². The van der Waals surface area contributed by atoms with E-state index in [1.807, 2.05) is 0 Å². The highest BCUT2D eigenvalue weighted by Crippen LogP contribution is 2.45. The van der Waals surface area contributed by atoms with Gasteiger partial charge in [-0.15, -0.1) is 0 Å². The number of rotatable bonds is 8. The van der Waals surface area contributed by atoms with Crippen LogP contribution in [0.4, 0.5) is 27.6 Å². The van der Waals surface area contributed by atoms with Crippen molar-refractivity contribution in [3.05, 3.63) is 94.0 Å². The van der Waals surface area contributed by atoms with Crippen molar-refractivity contribution in [2.45, 2.75) is 51.8 Å². The van der Waals surface area contributed by atoms with Crippen molar-refractivity contribution in [1.29, 1.82) is 0 Å². The van der Waals surface area contributed by atoms with Gasteiger partial charge in [0.25, 0.3) is 0 Å². The second kappa shape index (κ2) is 12.0. The van der Waals surface area contributed by atoms with Crippen LogP contribution >= 0.6 is 0 Å². The first kappa shape index (κ1) is 29.3. The molecule has 0 bridgehead atoms. The summed E-state index contributed by atoms with van der Waals surface area (Å²) in [6.07, 6.45) is -1.99. The molecule has 1 saturated heterocycles. The maximum absolute atomic E-state index is 14.3. The van der Waals surface area contributed by atoms with E-state index < -0.39 is 29.3 Å². The summed E-state index contributed by atoms with van der Waals surface area (Å²) in [4.78, 5) is 26.9. The number of halogens is 5. The Morgan fingerprint density at radius 3 is 2.40 bits per heavy atom. The molecule has 5 nitrogen and oxygen atoms in total. The summed E-state index contributed by atoms with van der Waals surface area (Å²) in [6.45, 7) is 1.99. The van der Waals surface area contributed by atoms with Crippen LogP contribution in [0.1, 0.15) is 71.6 Å². The zero-order chi connectivity index (χ0) is 30.0. The monoisotopic (exact) mass is 585 g/mol. The van der Waals surface area contributed by atoms with E-state index in [-0.39, 0.29) is 41.6 Å². The molecule has 1 fully saturated rings. The average Bonchev–Trinajstić information content (AvgIpc) is 3.61. The van der Waals surface area contributed by atoms with Crippen LogP contribution in [-0.2, 0) is 22.3 Å². The molecular weight excluding hydrogens is 557 g/mol. The van der Waals surface area contributed by atoms with Crippen molar-refractivity contribution in [3.8, 4) is 5.75 Å². The Labute approximate surface area is 239 Å².